The van der Waals surface area contributed by atoms with E-state index in [2.05, 4.69) is 90.6 Å². The molecule has 0 amide bonds. The summed E-state index contributed by atoms with van der Waals surface area (Å²) in [6, 6.07) is 12.7. The van der Waals surface area contributed by atoms with Crippen LogP contribution in [0.25, 0.3) is 0 Å². The highest BCUT2D eigenvalue weighted by molar-refractivity contribution is 5.44. The van der Waals surface area contributed by atoms with Crippen molar-refractivity contribution in [2.75, 3.05) is 6.54 Å². The molecular weight excluding hydrogens is 350 g/mol. The Bertz CT molecular complexity index is 794. The molecule has 1 aliphatic rings. The second-order valence-corrected chi connectivity index (χ2v) is 10.2. The van der Waals surface area contributed by atoms with Crippen LogP contribution in [0.15, 0.2) is 30.3 Å². The molecule has 1 aliphatic heterocycles. The van der Waals surface area contributed by atoms with Crippen LogP contribution in [0.2, 0.25) is 0 Å². The average molecular weight is 392 g/mol. The SMILES string of the molecule is Cc1cc(C)cc([C@@H]2CCCN2Cc2c(C(C)C)cc(C(C)C)cc2C(C)C)c1. The molecule has 0 bridgehead atoms. The number of hydrogen-bond donors (Lipinski definition) is 0. The standard InChI is InChI=1S/C28H41N/c1-18(2)23-15-25(19(3)4)27(26(16-23)20(5)6)17-29-11-9-10-28(29)24-13-21(7)12-22(8)14-24/h12-16,18-20,28H,9-11,17H2,1-8H3/t28-/m0/s1. The van der Waals surface area contributed by atoms with E-state index in [0.29, 0.717) is 23.8 Å². The van der Waals surface area contributed by atoms with Crippen LogP contribution in [0, 0.1) is 13.8 Å². The predicted molar refractivity (Wildman–Crippen MR) is 127 cm³/mol. The van der Waals surface area contributed by atoms with Gasteiger partial charge in [-0.2, -0.15) is 0 Å². The lowest BCUT2D eigenvalue weighted by molar-refractivity contribution is 0.246. The van der Waals surface area contributed by atoms with Crippen molar-refractivity contribution in [2.45, 2.75) is 98.6 Å². The van der Waals surface area contributed by atoms with Crippen molar-refractivity contribution < 1.29 is 0 Å². The largest absolute Gasteiger partial charge is 0.292 e. The van der Waals surface area contributed by atoms with Crippen LogP contribution in [0.5, 0.6) is 0 Å². The van der Waals surface area contributed by atoms with Crippen LogP contribution in [-0.4, -0.2) is 11.4 Å². The lowest BCUT2D eigenvalue weighted by Crippen LogP contribution is -2.25. The van der Waals surface area contributed by atoms with Gasteiger partial charge in [0.1, 0.15) is 0 Å². The summed E-state index contributed by atoms with van der Waals surface area (Å²) in [5.74, 6) is 1.70. The normalized spacial score (nSPS) is 17.8. The molecule has 0 radical (unpaired) electrons. The number of likely N-dealkylation sites (tertiary alicyclic amines) is 1. The minimum absolute atomic E-state index is 0.554. The van der Waals surface area contributed by atoms with Gasteiger partial charge in [-0.1, -0.05) is 83.0 Å². The van der Waals surface area contributed by atoms with Crippen LogP contribution in [-0.2, 0) is 6.54 Å². The third-order valence-electron chi connectivity index (χ3n) is 6.61. The molecule has 1 heterocycles. The number of hydrogen-bond acceptors (Lipinski definition) is 1. The summed E-state index contributed by atoms with van der Waals surface area (Å²) < 4.78 is 0. The maximum atomic E-state index is 2.75. The van der Waals surface area contributed by atoms with Crippen molar-refractivity contribution in [2.24, 2.45) is 0 Å². The maximum absolute atomic E-state index is 2.75. The summed E-state index contributed by atoms with van der Waals surface area (Å²) in [5, 5.41) is 0. The van der Waals surface area contributed by atoms with E-state index in [1.807, 2.05) is 0 Å². The van der Waals surface area contributed by atoms with E-state index in [1.165, 1.54) is 41.6 Å². The number of aryl methyl sites for hydroxylation is 2. The molecule has 2 aromatic carbocycles. The van der Waals surface area contributed by atoms with Gasteiger partial charge < -0.3 is 0 Å². The van der Waals surface area contributed by atoms with Crippen molar-refractivity contribution in [1.29, 1.82) is 0 Å². The quantitative estimate of drug-likeness (QED) is 0.482. The Morgan fingerprint density at radius 1 is 0.793 bits per heavy atom. The molecule has 1 nitrogen and oxygen atoms in total. The Morgan fingerprint density at radius 2 is 1.34 bits per heavy atom. The topological polar surface area (TPSA) is 3.24 Å². The van der Waals surface area contributed by atoms with Gasteiger partial charge in [-0.05, 0) is 78.8 Å². The van der Waals surface area contributed by atoms with E-state index in [1.54, 1.807) is 16.7 Å². The molecule has 1 fully saturated rings. The molecule has 0 aliphatic carbocycles. The molecule has 0 spiro atoms. The highest BCUT2D eigenvalue weighted by atomic mass is 15.2. The number of rotatable bonds is 6. The van der Waals surface area contributed by atoms with Crippen LogP contribution >= 0.6 is 0 Å². The summed E-state index contributed by atoms with van der Waals surface area (Å²) in [6.07, 6.45) is 2.58. The molecule has 2 aromatic rings. The summed E-state index contributed by atoms with van der Waals surface area (Å²) in [5.41, 5.74) is 10.5. The van der Waals surface area contributed by atoms with Gasteiger partial charge in [-0.15, -0.1) is 0 Å². The van der Waals surface area contributed by atoms with Crippen molar-refractivity contribution in [3.05, 3.63) is 69.3 Å². The Kier molecular flexibility index (Phi) is 6.89. The summed E-state index contributed by atoms with van der Waals surface area (Å²) in [6.45, 7) is 20.8. The molecule has 1 heteroatoms. The Balaban J connectivity index is 2.01. The zero-order valence-corrected chi connectivity index (χ0v) is 20.0. The molecule has 1 atom stereocenters. The third kappa shape index (κ3) is 4.94. The lowest BCUT2D eigenvalue weighted by Gasteiger charge is -2.30. The van der Waals surface area contributed by atoms with Gasteiger partial charge in [0.15, 0.2) is 0 Å². The molecule has 0 N–H and O–H groups in total. The molecule has 0 unspecified atom stereocenters. The average Bonchev–Trinajstić information content (AvgIpc) is 3.08. The van der Waals surface area contributed by atoms with Crippen LogP contribution in [0.4, 0.5) is 0 Å². The second kappa shape index (κ2) is 9.04. The first-order chi connectivity index (χ1) is 13.7. The van der Waals surface area contributed by atoms with Crippen molar-refractivity contribution in [1.82, 2.24) is 4.90 Å². The fraction of sp³-hybridized carbons (Fsp3) is 0.571. The first-order valence-electron chi connectivity index (χ1n) is 11.7. The summed E-state index contributed by atoms with van der Waals surface area (Å²) >= 11 is 0. The van der Waals surface area contributed by atoms with E-state index in [4.69, 9.17) is 0 Å². The fourth-order valence-corrected chi connectivity index (χ4v) is 5.09. The Hall–Kier alpha value is -1.60. The van der Waals surface area contributed by atoms with Crippen LogP contribution in [0.3, 0.4) is 0 Å². The zero-order valence-electron chi connectivity index (χ0n) is 20.0. The fourth-order valence-electron chi connectivity index (χ4n) is 5.09. The van der Waals surface area contributed by atoms with Gasteiger partial charge in [0, 0.05) is 12.6 Å². The number of benzene rings is 2. The van der Waals surface area contributed by atoms with E-state index >= 15 is 0 Å². The van der Waals surface area contributed by atoms with Crippen LogP contribution < -0.4 is 0 Å². The second-order valence-electron chi connectivity index (χ2n) is 10.2. The van der Waals surface area contributed by atoms with Gasteiger partial charge in [-0.25, -0.2) is 0 Å². The third-order valence-corrected chi connectivity index (χ3v) is 6.61. The number of nitrogens with zero attached hydrogens (tertiary/aromatic N) is 1. The molecule has 0 saturated carbocycles. The smallest absolute Gasteiger partial charge is 0.0352 e. The highest BCUT2D eigenvalue weighted by Crippen LogP contribution is 2.38. The predicted octanol–water partition coefficient (Wildman–Crippen LogP) is 8.01. The Morgan fingerprint density at radius 3 is 1.83 bits per heavy atom. The van der Waals surface area contributed by atoms with Crippen molar-refractivity contribution in [3.8, 4) is 0 Å². The van der Waals surface area contributed by atoms with Gasteiger partial charge in [0.05, 0.1) is 0 Å². The lowest BCUT2D eigenvalue weighted by atomic mass is 9.84. The first-order valence-corrected chi connectivity index (χ1v) is 11.7. The molecular formula is C28H41N. The van der Waals surface area contributed by atoms with Crippen LogP contribution in [0.1, 0.15) is 117 Å². The van der Waals surface area contributed by atoms with Gasteiger partial charge in [0.2, 0.25) is 0 Å². The van der Waals surface area contributed by atoms with E-state index in [9.17, 15) is 0 Å². The zero-order chi connectivity index (χ0) is 21.3. The molecule has 3 rings (SSSR count). The van der Waals surface area contributed by atoms with E-state index in [-0.39, 0.29) is 0 Å². The summed E-state index contributed by atoms with van der Waals surface area (Å²) in [4.78, 5) is 2.75. The monoisotopic (exact) mass is 391 g/mol. The molecule has 0 aromatic heterocycles. The van der Waals surface area contributed by atoms with E-state index in [0.717, 1.165) is 6.54 Å². The Labute approximate surface area is 179 Å². The van der Waals surface area contributed by atoms with Crippen molar-refractivity contribution >= 4 is 0 Å². The maximum Gasteiger partial charge on any atom is 0.0352 e. The molecule has 29 heavy (non-hydrogen) atoms. The molecule has 1 saturated heterocycles. The first kappa shape index (κ1) is 22.1. The highest BCUT2D eigenvalue weighted by Gasteiger charge is 2.28. The van der Waals surface area contributed by atoms with E-state index < -0.39 is 0 Å². The minimum Gasteiger partial charge on any atom is -0.292 e. The van der Waals surface area contributed by atoms with Gasteiger partial charge in [0.25, 0.3) is 0 Å². The molecule has 158 valence electrons. The van der Waals surface area contributed by atoms with Gasteiger partial charge in [-0.3, -0.25) is 4.90 Å². The minimum atomic E-state index is 0.554. The summed E-state index contributed by atoms with van der Waals surface area (Å²) in [7, 11) is 0. The van der Waals surface area contributed by atoms with Gasteiger partial charge >= 0.3 is 0 Å². The van der Waals surface area contributed by atoms with Crippen molar-refractivity contribution in [3.63, 3.8) is 0 Å².